The maximum atomic E-state index is 4.33. The molecule has 0 radical (unpaired) electrons. The second-order valence-corrected chi connectivity index (χ2v) is 3.53. The van der Waals surface area contributed by atoms with E-state index in [1.165, 1.54) is 5.57 Å². The van der Waals surface area contributed by atoms with Crippen LogP contribution in [0, 0.1) is 5.41 Å². The van der Waals surface area contributed by atoms with Crippen LogP contribution in [0.15, 0.2) is 29.0 Å². The Hall–Kier alpha value is -1.05. The summed E-state index contributed by atoms with van der Waals surface area (Å²) >= 11 is 0. The summed E-state index contributed by atoms with van der Waals surface area (Å²) in [6.07, 6.45) is 7.19. The third-order valence-corrected chi connectivity index (χ3v) is 2.27. The van der Waals surface area contributed by atoms with E-state index in [1.807, 2.05) is 12.4 Å². The Balaban J connectivity index is 2.40. The summed E-state index contributed by atoms with van der Waals surface area (Å²) in [7, 11) is 0. The van der Waals surface area contributed by atoms with Gasteiger partial charge in [0.1, 0.15) is 5.84 Å². The minimum Gasteiger partial charge on any atom is -0.350 e. The molecule has 0 amide bonds. The molecule has 2 aliphatic rings. The zero-order chi connectivity index (χ0) is 7.90. The molecular weight excluding hydrogens is 136 g/mol. The maximum Gasteiger partial charge on any atom is 0.116 e. The van der Waals surface area contributed by atoms with Gasteiger partial charge in [-0.05, 0) is 26.5 Å². The summed E-state index contributed by atoms with van der Waals surface area (Å²) in [6.45, 7) is 4.33. The number of aliphatic imine (C=N–C) groups is 1. The molecule has 2 heterocycles. The van der Waals surface area contributed by atoms with Gasteiger partial charge in [0.05, 0.1) is 0 Å². The predicted molar refractivity (Wildman–Crippen MR) is 46.2 cm³/mol. The van der Waals surface area contributed by atoms with Crippen LogP contribution in [0.5, 0.6) is 0 Å². The van der Waals surface area contributed by atoms with Gasteiger partial charge >= 0.3 is 0 Å². The van der Waals surface area contributed by atoms with Crippen molar-refractivity contribution in [3.63, 3.8) is 0 Å². The monoisotopic (exact) mass is 148 g/mol. The number of rotatable bonds is 0. The van der Waals surface area contributed by atoms with Gasteiger partial charge in [-0.1, -0.05) is 11.6 Å². The lowest BCUT2D eigenvalue weighted by molar-refractivity contribution is 0.581. The summed E-state index contributed by atoms with van der Waals surface area (Å²) in [5, 5.41) is 3.14. The zero-order valence-electron chi connectivity index (χ0n) is 6.89. The van der Waals surface area contributed by atoms with Crippen LogP contribution in [0.3, 0.4) is 0 Å². The van der Waals surface area contributed by atoms with Crippen molar-refractivity contribution in [1.29, 1.82) is 0 Å². The van der Waals surface area contributed by atoms with Crippen molar-refractivity contribution in [2.24, 2.45) is 10.4 Å². The molecule has 2 aliphatic heterocycles. The van der Waals surface area contributed by atoms with Gasteiger partial charge in [0.15, 0.2) is 0 Å². The van der Waals surface area contributed by atoms with Crippen LogP contribution >= 0.6 is 0 Å². The van der Waals surface area contributed by atoms with Crippen LogP contribution < -0.4 is 5.32 Å². The highest BCUT2D eigenvalue weighted by atomic mass is 15.0. The Morgan fingerprint density at radius 2 is 2.45 bits per heavy atom. The first-order valence-corrected chi connectivity index (χ1v) is 3.89. The summed E-state index contributed by atoms with van der Waals surface area (Å²) < 4.78 is 0. The molecule has 1 unspecified atom stereocenters. The van der Waals surface area contributed by atoms with Crippen LogP contribution in [0.25, 0.3) is 0 Å². The van der Waals surface area contributed by atoms with Crippen molar-refractivity contribution in [2.75, 3.05) is 0 Å². The molecule has 0 aromatic rings. The van der Waals surface area contributed by atoms with E-state index in [0.29, 0.717) is 0 Å². The van der Waals surface area contributed by atoms with Gasteiger partial charge in [-0.3, -0.25) is 0 Å². The predicted octanol–water partition coefficient (Wildman–Crippen LogP) is 1.82. The fourth-order valence-corrected chi connectivity index (χ4v) is 1.68. The number of nitrogens with zero attached hydrogens (tertiary/aromatic N) is 1. The summed E-state index contributed by atoms with van der Waals surface area (Å²) in [5.41, 5.74) is 1.50. The molecule has 2 nitrogen and oxygen atoms in total. The van der Waals surface area contributed by atoms with Gasteiger partial charge in [0.25, 0.3) is 0 Å². The fraction of sp³-hybridized carbons (Fsp3) is 0.444. The maximum absolute atomic E-state index is 4.33. The van der Waals surface area contributed by atoms with E-state index in [2.05, 4.69) is 30.2 Å². The van der Waals surface area contributed by atoms with Gasteiger partial charge in [-0.25, -0.2) is 4.99 Å². The Labute approximate surface area is 66.7 Å². The summed E-state index contributed by atoms with van der Waals surface area (Å²) in [6, 6.07) is 0. The molecule has 0 aromatic carbocycles. The standard InChI is InChI=1S/C9H12N2/c1-7-5-9(2)3-4-10-8(9)11-6-7/h3-4,6H,5H2,1-2H3,(H,10,11). The second-order valence-electron chi connectivity index (χ2n) is 3.53. The van der Waals surface area contributed by atoms with Crippen molar-refractivity contribution in [1.82, 2.24) is 5.32 Å². The van der Waals surface area contributed by atoms with E-state index in [9.17, 15) is 0 Å². The first-order valence-electron chi connectivity index (χ1n) is 3.89. The Kier molecular flexibility index (Phi) is 1.19. The second kappa shape index (κ2) is 1.97. The molecule has 0 saturated carbocycles. The molecule has 0 bridgehead atoms. The van der Waals surface area contributed by atoms with Crippen molar-refractivity contribution in [2.45, 2.75) is 20.3 Å². The molecule has 0 aliphatic carbocycles. The lowest BCUT2D eigenvalue weighted by Gasteiger charge is -2.25. The third-order valence-electron chi connectivity index (χ3n) is 2.27. The van der Waals surface area contributed by atoms with Gasteiger partial charge in [-0.15, -0.1) is 0 Å². The summed E-state index contributed by atoms with van der Waals surface area (Å²) in [4.78, 5) is 4.33. The van der Waals surface area contributed by atoms with Gasteiger partial charge in [-0.2, -0.15) is 0 Å². The van der Waals surface area contributed by atoms with E-state index in [-0.39, 0.29) is 5.41 Å². The topological polar surface area (TPSA) is 24.4 Å². The van der Waals surface area contributed by atoms with E-state index in [1.54, 1.807) is 0 Å². The van der Waals surface area contributed by atoms with Crippen LogP contribution in [0.2, 0.25) is 0 Å². The van der Waals surface area contributed by atoms with Crippen LogP contribution in [0.4, 0.5) is 0 Å². The first kappa shape index (κ1) is 6.65. The van der Waals surface area contributed by atoms with E-state index in [0.717, 1.165) is 12.3 Å². The lowest BCUT2D eigenvalue weighted by Crippen LogP contribution is -2.31. The third kappa shape index (κ3) is 0.897. The molecule has 2 rings (SSSR count). The average molecular weight is 148 g/mol. The zero-order valence-corrected chi connectivity index (χ0v) is 6.89. The Morgan fingerprint density at radius 3 is 3.27 bits per heavy atom. The number of fused-ring (bicyclic) bond motifs is 1. The minimum absolute atomic E-state index is 0.152. The SMILES string of the molecule is CC1=CN=C2NC=CC2(C)C1. The van der Waals surface area contributed by atoms with Gasteiger partial charge < -0.3 is 5.32 Å². The molecule has 0 spiro atoms. The van der Waals surface area contributed by atoms with Crippen molar-refractivity contribution >= 4 is 5.84 Å². The smallest absolute Gasteiger partial charge is 0.116 e. The highest BCUT2D eigenvalue weighted by molar-refractivity contribution is 5.94. The van der Waals surface area contributed by atoms with Gasteiger partial charge in [0.2, 0.25) is 0 Å². The highest BCUT2D eigenvalue weighted by Crippen LogP contribution is 2.34. The molecule has 58 valence electrons. The van der Waals surface area contributed by atoms with Crippen molar-refractivity contribution < 1.29 is 0 Å². The number of hydrogen-bond donors (Lipinski definition) is 1. The molecule has 11 heavy (non-hydrogen) atoms. The fourth-order valence-electron chi connectivity index (χ4n) is 1.68. The number of hydrogen-bond acceptors (Lipinski definition) is 2. The molecule has 1 atom stereocenters. The van der Waals surface area contributed by atoms with E-state index >= 15 is 0 Å². The quantitative estimate of drug-likeness (QED) is 0.556. The molecule has 0 saturated heterocycles. The van der Waals surface area contributed by atoms with E-state index < -0.39 is 0 Å². The highest BCUT2D eigenvalue weighted by Gasteiger charge is 2.33. The Morgan fingerprint density at radius 1 is 1.64 bits per heavy atom. The van der Waals surface area contributed by atoms with Crippen molar-refractivity contribution in [3.05, 3.63) is 24.0 Å². The first-order chi connectivity index (χ1) is 5.21. The van der Waals surface area contributed by atoms with E-state index in [4.69, 9.17) is 0 Å². The largest absolute Gasteiger partial charge is 0.350 e. The van der Waals surface area contributed by atoms with Crippen LogP contribution in [0.1, 0.15) is 20.3 Å². The molecule has 1 N–H and O–H groups in total. The minimum atomic E-state index is 0.152. The molecule has 0 fully saturated rings. The van der Waals surface area contributed by atoms with Gasteiger partial charge in [0, 0.05) is 11.6 Å². The van der Waals surface area contributed by atoms with Crippen LogP contribution in [-0.4, -0.2) is 5.84 Å². The summed E-state index contributed by atoms with van der Waals surface area (Å²) in [5.74, 6) is 1.09. The average Bonchev–Trinajstić information content (AvgIpc) is 2.28. The van der Waals surface area contributed by atoms with Crippen molar-refractivity contribution in [3.8, 4) is 0 Å². The molecule has 2 heteroatoms. The number of nitrogens with one attached hydrogen (secondary N) is 1. The van der Waals surface area contributed by atoms with Crippen LogP contribution in [-0.2, 0) is 0 Å². The number of amidine groups is 1. The molecular formula is C9H12N2. The Bertz CT molecular complexity index is 273. The number of allylic oxidation sites excluding steroid dienone is 1. The lowest BCUT2D eigenvalue weighted by atomic mass is 9.83. The molecule has 0 aromatic heterocycles. The normalized spacial score (nSPS) is 34.0.